The molecule has 6 heteroatoms. The summed E-state index contributed by atoms with van der Waals surface area (Å²) in [5.74, 6) is -1.85. The number of piperidine rings is 1. The van der Waals surface area contributed by atoms with Gasteiger partial charge in [-0.2, -0.15) is 0 Å². The highest BCUT2D eigenvalue weighted by atomic mass is 19.2. The van der Waals surface area contributed by atoms with Crippen molar-refractivity contribution in [3.8, 4) is 0 Å². The molecule has 30 heavy (non-hydrogen) atoms. The number of nitrogens with one attached hydrogen (secondary N) is 1. The molecule has 1 aliphatic heterocycles. The molecule has 2 unspecified atom stereocenters. The van der Waals surface area contributed by atoms with Crippen LogP contribution < -0.4 is 5.32 Å². The number of benzene rings is 1. The number of halogens is 2. The van der Waals surface area contributed by atoms with Crippen LogP contribution >= 0.6 is 0 Å². The number of likely N-dealkylation sites (tertiary alicyclic amines) is 1. The molecule has 2 amide bonds. The van der Waals surface area contributed by atoms with Crippen molar-refractivity contribution in [2.24, 2.45) is 5.41 Å². The molecule has 3 rings (SSSR count). The molecular weight excluding hydrogens is 384 g/mol. The van der Waals surface area contributed by atoms with Crippen LogP contribution in [0.4, 0.5) is 13.6 Å². The lowest BCUT2D eigenvalue weighted by molar-refractivity contribution is 0.0300. The van der Waals surface area contributed by atoms with Gasteiger partial charge in [0.2, 0.25) is 0 Å². The lowest BCUT2D eigenvalue weighted by atomic mass is 9.78. The molecule has 0 spiro atoms. The van der Waals surface area contributed by atoms with Gasteiger partial charge in [0, 0.05) is 23.7 Å². The molecule has 4 nitrogen and oxygen atoms in total. The number of hydrogen-bond acceptors (Lipinski definition) is 2. The monoisotopic (exact) mass is 413 g/mol. The zero-order valence-electron chi connectivity index (χ0n) is 18.0. The quantitative estimate of drug-likeness (QED) is 0.780. The van der Waals surface area contributed by atoms with Crippen LogP contribution in [0.3, 0.4) is 0 Å². The lowest BCUT2D eigenvalue weighted by Gasteiger charge is -2.48. The largest absolute Gasteiger partial charge is 0.331 e. The summed E-state index contributed by atoms with van der Waals surface area (Å²) in [6.45, 7) is 8.10. The molecule has 0 saturated carbocycles. The summed E-state index contributed by atoms with van der Waals surface area (Å²) in [4.78, 5) is 17.4. The third-order valence-electron chi connectivity index (χ3n) is 5.84. The second-order valence-corrected chi connectivity index (χ2v) is 8.79. The molecule has 1 saturated heterocycles. The fourth-order valence-electron chi connectivity index (χ4n) is 4.38. The zero-order chi connectivity index (χ0) is 21.9. The minimum atomic E-state index is -0.928. The van der Waals surface area contributed by atoms with Gasteiger partial charge in [0.25, 0.3) is 0 Å². The van der Waals surface area contributed by atoms with E-state index in [1.165, 1.54) is 12.1 Å². The van der Waals surface area contributed by atoms with Gasteiger partial charge >= 0.3 is 6.03 Å². The summed E-state index contributed by atoms with van der Waals surface area (Å²) >= 11 is 0. The number of nitrogens with zero attached hydrogens (tertiary/aromatic N) is 2. The van der Waals surface area contributed by atoms with Crippen molar-refractivity contribution in [3.63, 3.8) is 0 Å². The molecule has 1 aliphatic rings. The first-order valence-corrected chi connectivity index (χ1v) is 10.3. The second kappa shape index (κ2) is 9.01. The number of carbonyl (C=O) groups excluding carboxylic acids is 1. The summed E-state index contributed by atoms with van der Waals surface area (Å²) in [6, 6.07) is 14.6. The SMILES string of the molecule is CC(NC(=O)N(Cc1c#cccc1)C1CCN(C)CC1(C)C)c1cccc(F)c1F. The molecule has 2 aromatic carbocycles. The van der Waals surface area contributed by atoms with Gasteiger partial charge in [-0.05, 0) is 50.6 Å². The number of urea groups is 1. The van der Waals surface area contributed by atoms with Gasteiger partial charge in [-0.1, -0.05) is 44.2 Å². The summed E-state index contributed by atoms with van der Waals surface area (Å²) in [6.07, 6.45) is 0.830. The first kappa shape index (κ1) is 22.0. The van der Waals surface area contributed by atoms with Crippen LogP contribution in [0.25, 0.3) is 0 Å². The van der Waals surface area contributed by atoms with Crippen molar-refractivity contribution >= 4 is 6.03 Å². The predicted molar refractivity (Wildman–Crippen MR) is 113 cm³/mol. The summed E-state index contributed by atoms with van der Waals surface area (Å²) in [5, 5.41) is 2.87. The highest BCUT2D eigenvalue weighted by Crippen LogP contribution is 2.34. The minimum absolute atomic E-state index is 0.00753. The van der Waals surface area contributed by atoms with E-state index in [2.05, 4.69) is 43.2 Å². The van der Waals surface area contributed by atoms with Crippen molar-refractivity contribution in [1.82, 2.24) is 15.1 Å². The lowest BCUT2D eigenvalue weighted by Crippen LogP contribution is -2.58. The zero-order valence-corrected chi connectivity index (χ0v) is 18.0. The Morgan fingerprint density at radius 1 is 1.33 bits per heavy atom. The fraction of sp³-hybridized carbons (Fsp3) is 0.458. The fourth-order valence-corrected chi connectivity index (χ4v) is 4.38. The van der Waals surface area contributed by atoms with Crippen LogP contribution in [-0.2, 0) is 6.54 Å². The molecule has 1 heterocycles. The molecule has 160 valence electrons. The van der Waals surface area contributed by atoms with Crippen molar-refractivity contribution in [1.29, 1.82) is 0 Å². The number of carbonyl (C=O) groups is 1. The normalized spacial score (nSPS) is 19.6. The maximum Gasteiger partial charge on any atom is 0.318 e. The van der Waals surface area contributed by atoms with Gasteiger partial charge in [-0.25, -0.2) is 13.6 Å². The number of hydrogen-bond donors (Lipinski definition) is 1. The smallest absolute Gasteiger partial charge is 0.318 e. The third-order valence-corrected chi connectivity index (χ3v) is 5.84. The van der Waals surface area contributed by atoms with Gasteiger partial charge in [0.1, 0.15) is 0 Å². The Bertz CT molecular complexity index is 872. The van der Waals surface area contributed by atoms with Crippen LogP contribution in [0, 0.1) is 29.2 Å². The second-order valence-electron chi connectivity index (χ2n) is 8.79. The average Bonchev–Trinajstić information content (AvgIpc) is 2.68. The van der Waals surface area contributed by atoms with Gasteiger partial charge in [-0.15, -0.1) is 0 Å². The van der Waals surface area contributed by atoms with E-state index in [0.717, 1.165) is 31.1 Å². The predicted octanol–water partition coefficient (Wildman–Crippen LogP) is 4.57. The van der Waals surface area contributed by atoms with Crippen molar-refractivity contribution in [3.05, 3.63) is 71.3 Å². The standard InChI is InChI=1S/C24H29F2N3O/c1-17(19-11-8-12-20(25)22(19)26)27-23(30)29(15-18-9-6-5-7-10-18)21-13-14-28(4)16-24(21,2)3/h5-6,8-9,11-12,17,21H,13-16H2,1-4H3,(H,27,30). The highest BCUT2D eigenvalue weighted by Gasteiger charge is 2.40. The topological polar surface area (TPSA) is 35.6 Å². The van der Waals surface area contributed by atoms with Crippen LogP contribution in [0.15, 0.2) is 36.4 Å². The van der Waals surface area contributed by atoms with E-state index in [4.69, 9.17) is 0 Å². The molecule has 1 N–H and O–H groups in total. The Morgan fingerprint density at radius 2 is 2.10 bits per heavy atom. The Morgan fingerprint density at radius 3 is 2.77 bits per heavy atom. The number of amides is 2. The van der Waals surface area contributed by atoms with Crippen molar-refractivity contribution < 1.29 is 13.6 Å². The summed E-state index contributed by atoms with van der Waals surface area (Å²) in [5.41, 5.74) is 0.855. The maximum absolute atomic E-state index is 14.2. The Kier molecular flexibility index (Phi) is 6.62. The van der Waals surface area contributed by atoms with Gasteiger partial charge in [0.15, 0.2) is 11.6 Å². The molecule has 0 radical (unpaired) electrons. The maximum atomic E-state index is 14.2. The molecule has 2 aromatic rings. The molecule has 0 bridgehead atoms. The van der Waals surface area contributed by atoms with Crippen LogP contribution in [0.5, 0.6) is 0 Å². The summed E-state index contributed by atoms with van der Waals surface area (Å²) in [7, 11) is 2.08. The number of rotatable bonds is 5. The Balaban J connectivity index is 1.85. The Hall–Kier alpha value is -2.65. The van der Waals surface area contributed by atoms with E-state index < -0.39 is 17.7 Å². The highest BCUT2D eigenvalue weighted by molar-refractivity contribution is 5.75. The average molecular weight is 414 g/mol. The van der Waals surface area contributed by atoms with Crippen LogP contribution in [0.2, 0.25) is 0 Å². The molecule has 2 atom stereocenters. The third kappa shape index (κ3) is 4.91. The molecule has 0 aliphatic carbocycles. The Labute approximate surface area is 177 Å². The van der Waals surface area contributed by atoms with E-state index in [0.29, 0.717) is 6.54 Å². The van der Waals surface area contributed by atoms with E-state index in [1.54, 1.807) is 17.9 Å². The van der Waals surface area contributed by atoms with E-state index in [1.807, 2.05) is 12.1 Å². The first-order chi connectivity index (χ1) is 14.2. The van der Waals surface area contributed by atoms with Crippen LogP contribution in [-0.4, -0.2) is 42.0 Å². The van der Waals surface area contributed by atoms with Gasteiger partial charge < -0.3 is 15.1 Å². The van der Waals surface area contributed by atoms with E-state index >= 15 is 0 Å². The van der Waals surface area contributed by atoms with Crippen LogP contribution in [0.1, 0.15) is 44.4 Å². The van der Waals surface area contributed by atoms with Gasteiger partial charge in [0.05, 0.1) is 12.6 Å². The van der Waals surface area contributed by atoms with E-state index in [9.17, 15) is 13.6 Å². The first-order valence-electron chi connectivity index (χ1n) is 10.3. The van der Waals surface area contributed by atoms with Gasteiger partial charge in [-0.3, -0.25) is 0 Å². The molecule has 1 fully saturated rings. The van der Waals surface area contributed by atoms with E-state index in [-0.39, 0.29) is 23.1 Å². The molecular formula is C24H29F2N3O. The van der Waals surface area contributed by atoms with Crippen molar-refractivity contribution in [2.45, 2.75) is 45.8 Å². The molecule has 0 aromatic heterocycles. The minimum Gasteiger partial charge on any atom is -0.331 e. The van der Waals surface area contributed by atoms with Crippen molar-refractivity contribution in [2.75, 3.05) is 20.1 Å². The summed E-state index contributed by atoms with van der Waals surface area (Å²) < 4.78 is 27.9.